The number of hydrogen-bond acceptors (Lipinski definition) is 3. The molecule has 0 bridgehead atoms. The summed E-state index contributed by atoms with van der Waals surface area (Å²) in [4.78, 5) is 23.3. The van der Waals surface area contributed by atoms with Gasteiger partial charge in [0.05, 0.1) is 6.04 Å². The summed E-state index contributed by atoms with van der Waals surface area (Å²) in [6, 6.07) is 17.5. The molecule has 0 spiro atoms. The standard InChI is InChI=1S/C23H27NO4/c1-16(21(25)26)14-20(24-22(27)28-23(2,3)4)15-17-10-12-19(13-11-17)18-8-6-5-7-9-18/h5-14,20H,15H2,1-4H3,(H,24,27)(H,25,26)/b16-14+. The van der Waals surface area contributed by atoms with E-state index in [0.717, 1.165) is 16.7 Å². The second-order valence-corrected chi connectivity index (χ2v) is 7.67. The molecule has 0 radical (unpaired) electrons. The summed E-state index contributed by atoms with van der Waals surface area (Å²) in [6.07, 6.45) is 1.42. The van der Waals surface area contributed by atoms with Gasteiger partial charge in [-0.15, -0.1) is 0 Å². The van der Waals surface area contributed by atoms with Gasteiger partial charge in [0, 0.05) is 5.57 Å². The monoisotopic (exact) mass is 381 g/mol. The van der Waals surface area contributed by atoms with Crippen molar-refractivity contribution >= 4 is 12.1 Å². The van der Waals surface area contributed by atoms with Crippen LogP contribution in [0, 0.1) is 0 Å². The molecule has 0 aliphatic heterocycles. The number of carboxylic acid groups (broad SMARTS) is 1. The van der Waals surface area contributed by atoms with Crippen molar-refractivity contribution in [2.24, 2.45) is 0 Å². The highest BCUT2D eigenvalue weighted by molar-refractivity contribution is 5.86. The van der Waals surface area contributed by atoms with Crippen molar-refractivity contribution in [1.82, 2.24) is 5.32 Å². The van der Waals surface area contributed by atoms with Gasteiger partial charge in [-0.05, 0) is 50.8 Å². The molecule has 148 valence electrons. The van der Waals surface area contributed by atoms with Gasteiger partial charge in [0.25, 0.3) is 0 Å². The quantitative estimate of drug-likeness (QED) is 0.704. The molecule has 28 heavy (non-hydrogen) atoms. The summed E-state index contributed by atoms with van der Waals surface area (Å²) in [7, 11) is 0. The van der Waals surface area contributed by atoms with Crippen molar-refractivity contribution in [2.75, 3.05) is 0 Å². The van der Waals surface area contributed by atoms with E-state index in [1.54, 1.807) is 20.8 Å². The predicted molar refractivity (Wildman–Crippen MR) is 110 cm³/mol. The number of carbonyl (C=O) groups excluding carboxylic acids is 1. The fourth-order valence-corrected chi connectivity index (χ4v) is 2.70. The van der Waals surface area contributed by atoms with E-state index in [9.17, 15) is 9.59 Å². The molecule has 2 rings (SSSR count). The topological polar surface area (TPSA) is 75.6 Å². The number of alkyl carbamates (subject to hydrolysis) is 1. The summed E-state index contributed by atoms with van der Waals surface area (Å²) in [5.41, 5.74) is 2.74. The van der Waals surface area contributed by atoms with Gasteiger partial charge >= 0.3 is 12.1 Å². The first-order chi connectivity index (χ1) is 13.1. The Labute approximate surface area is 166 Å². The molecular formula is C23H27NO4. The number of rotatable bonds is 6. The van der Waals surface area contributed by atoms with Crippen LogP contribution in [0.2, 0.25) is 0 Å². The fourth-order valence-electron chi connectivity index (χ4n) is 2.70. The van der Waals surface area contributed by atoms with E-state index in [1.165, 1.54) is 13.0 Å². The smallest absolute Gasteiger partial charge is 0.408 e. The molecule has 2 aromatic rings. The molecule has 1 unspecified atom stereocenters. The second kappa shape index (κ2) is 9.22. The van der Waals surface area contributed by atoms with E-state index in [-0.39, 0.29) is 5.57 Å². The summed E-state index contributed by atoms with van der Waals surface area (Å²) in [6.45, 7) is 6.84. The minimum absolute atomic E-state index is 0.168. The maximum Gasteiger partial charge on any atom is 0.408 e. The first kappa shape index (κ1) is 21.2. The first-order valence-electron chi connectivity index (χ1n) is 9.19. The molecule has 0 heterocycles. The third kappa shape index (κ3) is 6.91. The first-order valence-corrected chi connectivity index (χ1v) is 9.19. The predicted octanol–water partition coefficient (Wildman–Crippen LogP) is 4.82. The molecule has 0 fully saturated rings. The Morgan fingerprint density at radius 3 is 2.14 bits per heavy atom. The van der Waals surface area contributed by atoms with Crippen LogP contribution in [0.5, 0.6) is 0 Å². The van der Waals surface area contributed by atoms with Crippen molar-refractivity contribution < 1.29 is 19.4 Å². The van der Waals surface area contributed by atoms with Gasteiger partial charge in [0.1, 0.15) is 5.60 Å². The summed E-state index contributed by atoms with van der Waals surface area (Å²) >= 11 is 0. The van der Waals surface area contributed by atoms with E-state index in [1.807, 2.05) is 54.6 Å². The van der Waals surface area contributed by atoms with Crippen molar-refractivity contribution in [1.29, 1.82) is 0 Å². The average Bonchev–Trinajstić information content (AvgIpc) is 2.61. The minimum Gasteiger partial charge on any atom is -0.478 e. The molecular weight excluding hydrogens is 354 g/mol. The lowest BCUT2D eigenvalue weighted by molar-refractivity contribution is -0.132. The molecule has 0 saturated carbocycles. The van der Waals surface area contributed by atoms with Crippen molar-refractivity contribution in [3.8, 4) is 11.1 Å². The Morgan fingerprint density at radius 1 is 1.04 bits per heavy atom. The normalized spacial score (nSPS) is 12.9. The number of hydrogen-bond donors (Lipinski definition) is 2. The van der Waals surface area contributed by atoms with Gasteiger partial charge in [0.2, 0.25) is 0 Å². The third-order valence-electron chi connectivity index (χ3n) is 4.01. The van der Waals surface area contributed by atoms with Gasteiger partial charge in [-0.1, -0.05) is 60.7 Å². The van der Waals surface area contributed by atoms with E-state index in [4.69, 9.17) is 9.84 Å². The number of carboxylic acids is 1. The fraction of sp³-hybridized carbons (Fsp3) is 0.304. The molecule has 0 saturated heterocycles. The van der Waals surface area contributed by atoms with E-state index in [2.05, 4.69) is 5.32 Å². The molecule has 5 heteroatoms. The SMILES string of the molecule is C/C(=C\C(Cc1ccc(-c2ccccc2)cc1)NC(=O)OC(C)(C)C)C(=O)O. The number of aliphatic carboxylic acids is 1. The van der Waals surface area contributed by atoms with E-state index in [0.29, 0.717) is 6.42 Å². The van der Waals surface area contributed by atoms with Crippen LogP contribution in [-0.4, -0.2) is 28.8 Å². The Morgan fingerprint density at radius 2 is 1.61 bits per heavy atom. The Bertz CT molecular complexity index is 833. The van der Waals surface area contributed by atoms with Crippen molar-refractivity contribution in [3.63, 3.8) is 0 Å². The molecule has 2 aromatic carbocycles. The molecule has 0 aliphatic carbocycles. The summed E-state index contributed by atoms with van der Waals surface area (Å²) < 4.78 is 5.30. The molecule has 5 nitrogen and oxygen atoms in total. The zero-order valence-corrected chi connectivity index (χ0v) is 16.7. The Hall–Kier alpha value is -3.08. The second-order valence-electron chi connectivity index (χ2n) is 7.67. The lowest BCUT2D eigenvalue weighted by Crippen LogP contribution is -2.39. The highest BCUT2D eigenvalue weighted by Crippen LogP contribution is 2.20. The van der Waals surface area contributed by atoms with Crippen LogP contribution >= 0.6 is 0 Å². The number of benzene rings is 2. The third-order valence-corrected chi connectivity index (χ3v) is 4.01. The van der Waals surface area contributed by atoms with Crippen molar-refractivity contribution in [2.45, 2.75) is 45.8 Å². The van der Waals surface area contributed by atoms with Gasteiger partial charge in [-0.3, -0.25) is 0 Å². The van der Waals surface area contributed by atoms with Gasteiger partial charge < -0.3 is 15.2 Å². The highest BCUT2D eigenvalue weighted by atomic mass is 16.6. The zero-order valence-electron chi connectivity index (χ0n) is 16.7. The summed E-state index contributed by atoms with van der Waals surface area (Å²) in [5.74, 6) is -1.02. The van der Waals surface area contributed by atoms with Crippen LogP contribution in [0.4, 0.5) is 4.79 Å². The number of nitrogens with one attached hydrogen (secondary N) is 1. The van der Waals surface area contributed by atoms with Crippen LogP contribution in [0.15, 0.2) is 66.2 Å². The largest absolute Gasteiger partial charge is 0.478 e. The Kier molecular flexibility index (Phi) is 6.99. The van der Waals surface area contributed by atoms with E-state index >= 15 is 0 Å². The minimum atomic E-state index is -1.02. The molecule has 1 amide bonds. The maximum atomic E-state index is 12.1. The zero-order chi connectivity index (χ0) is 20.7. The molecule has 0 aliphatic rings. The summed E-state index contributed by atoms with van der Waals surface area (Å²) in [5, 5.41) is 11.9. The molecule has 2 N–H and O–H groups in total. The highest BCUT2D eigenvalue weighted by Gasteiger charge is 2.19. The van der Waals surface area contributed by atoms with Crippen molar-refractivity contribution in [3.05, 3.63) is 71.8 Å². The Balaban J connectivity index is 2.16. The number of amides is 1. The van der Waals surface area contributed by atoms with Crippen LogP contribution in [-0.2, 0) is 16.0 Å². The van der Waals surface area contributed by atoms with Gasteiger partial charge in [-0.25, -0.2) is 9.59 Å². The lowest BCUT2D eigenvalue weighted by atomic mass is 10.00. The maximum absolute atomic E-state index is 12.1. The van der Waals surface area contributed by atoms with Crippen LogP contribution < -0.4 is 5.32 Å². The van der Waals surface area contributed by atoms with Gasteiger partial charge in [-0.2, -0.15) is 0 Å². The lowest BCUT2D eigenvalue weighted by Gasteiger charge is -2.22. The molecule has 1 atom stereocenters. The molecule has 0 aromatic heterocycles. The van der Waals surface area contributed by atoms with Gasteiger partial charge in [0.15, 0.2) is 0 Å². The van der Waals surface area contributed by atoms with Crippen LogP contribution in [0.3, 0.4) is 0 Å². The average molecular weight is 381 g/mol. The van der Waals surface area contributed by atoms with Crippen LogP contribution in [0.1, 0.15) is 33.3 Å². The van der Waals surface area contributed by atoms with E-state index < -0.39 is 23.7 Å². The van der Waals surface area contributed by atoms with Crippen LogP contribution in [0.25, 0.3) is 11.1 Å². The number of ether oxygens (including phenoxy) is 1. The number of carbonyl (C=O) groups is 2.